The van der Waals surface area contributed by atoms with E-state index >= 15 is 0 Å². The second-order valence-electron chi connectivity index (χ2n) is 8.71. The van der Waals surface area contributed by atoms with Crippen LogP contribution in [0.2, 0.25) is 0 Å². The predicted molar refractivity (Wildman–Crippen MR) is 108 cm³/mol. The zero-order valence-electron chi connectivity index (χ0n) is 18.4. The molecule has 0 unspecified atom stereocenters. The first-order chi connectivity index (χ1) is 12.7. The van der Waals surface area contributed by atoms with Gasteiger partial charge in [0.15, 0.2) is 0 Å². The van der Waals surface area contributed by atoms with Gasteiger partial charge >= 0.3 is 12.1 Å². The average molecular weight is 403 g/mol. The molecule has 0 aliphatic rings. The molecule has 0 saturated heterocycles. The predicted octanol–water partition coefficient (Wildman–Crippen LogP) is 1.01. The molecule has 0 aliphatic carbocycles. The van der Waals surface area contributed by atoms with Crippen LogP contribution in [0.1, 0.15) is 54.4 Å². The minimum atomic E-state index is -0.901. The smallest absolute Gasteiger partial charge is 0.408 e. The fourth-order valence-electron chi connectivity index (χ4n) is 2.20. The Labute approximate surface area is 168 Å². The van der Waals surface area contributed by atoms with Gasteiger partial charge in [-0.2, -0.15) is 0 Å². The minimum absolute atomic E-state index is 0.00176. The molecule has 1 atom stereocenters. The van der Waals surface area contributed by atoms with E-state index < -0.39 is 29.3 Å². The van der Waals surface area contributed by atoms with Crippen molar-refractivity contribution in [3.63, 3.8) is 0 Å². The first kappa shape index (κ1) is 26.1. The van der Waals surface area contributed by atoms with Gasteiger partial charge in [-0.3, -0.25) is 9.59 Å². The summed E-state index contributed by atoms with van der Waals surface area (Å²) >= 11 is 0. The molecule has 9 nitrogen and oxygen atoms in total. The number of hydrogen-bond donors (Lipinski definition) is 3. The second-order valence-corrected chi connectivity index (χ2v) is 8.71. The molecule has 0 aromatic heterocycles. The maximum absolute atomic E-state index is 12.5. The maximum atomic E-state index is 12.5. The number of ether oxygens (including phenoxy) is 2. The van der Waals surface area contributed by atoms with E-state index in [0.29, 0.717) is 26.2 Å². The molecule has 0 spiro atoms. The Hall–Kier alpha value is -1.87. The van der Waals surface area contributed by atoms with Crippen LogP contribution >= 0.6 is 0 Å². The van der Waals surface area contributed by atoms with Gasteiger partial charge in [-0.1, -0.05) is 0 Å². The van der Waals surface area contributed by atoms with E-state index in [-0.39, 0.29) is 18.7 Å². The van der Waals surface area contributed by atoms with Crippen molar-refractivity contribution in [2.45, 2.75) is 71.6 Å². The van der Waals surface area contributed by atoms with Crippen LogP contribution in [-0.2, 0) is 19.1 Å². The number of carbonyl (C=O) groups excluding carboxylic acids is 3. The van der Waals surface area contributed by atoms with Gasteiger partial charge in [-0.25, -0.2) is 4.79 Å². The Balaban J connectivity index is 4.80. The number of nitrogens with one attached hydrogen (secondary N) is 2. The topological polar surface area (TPSA) is 123 Å². The molecule has 0 aromatic carbocycles. The van der Waals surface area contributed by atoms with E-state index in [1.165, 1.54) is 0 Å². The molecule has 164 valence electrons. The zero-order valence-corrected chi connectivity index (χ0v) is 18.4. The third kappa shape index (κ3) is 14.2. The fourth-order valence-corrected chi connectivity index (χ4v) is 2.20. The summed E-state index contributed by atoms with van der Waals surface area (Å²) in [7, 11) is 1.90. The van der Waals surface area contributed by atoms with Gasteiger partial charge in [0.2, 0.25) is 5.91 Å². The van der Waals surface area contributed by atoms with Crippen molar-refractivity contribution in [1.29, 1.82) is 0 Å². The summed E-state index contributed by atoms with van der Waals surface area (Å²) in [6.45, 7) is 12.8. The van der Waals surface area contributed by atoms with Crippen LogP contribution in [0.5, 0.6) is 0 Å². The molecular formula is C19H38N4O5. The summed E-state index contributed by atoms with van der Waals surface area (Å²) in [4.78, 5) is 38.5. The van der Waals surface area contributed by atoms with E-state index in [9.17, 15) is 14.4 Å². The van der Waals surface area contributed by atoms with Gasteiger partial charge < -0.3 is 30.7 Å². The number of rotatable bonds is 10. The summed E-state index contributed by atoms with van der Waals surface area (Å²) in [5, 5.41) is 5.31. The summed E-state index contributed by atoms with van der Waals surface area (Å²) < 4.78 is 10.5. The van der Waals surface area contributed by atoms with E-state index in [2.05, 4.69) is 10.6 Å². The molecule has 0 radical (unpaired) electrons. The summed E-state index contributed by atoms with van der Waals surface area (Å²) in [5.74, 6) is -0.811. The van der Waals surface area contributed by atoms with E-state index in [1.807, 2.05) is 11.9 Å². The van der Waals surface area contributed by atoms with Crippen molar-refractivity contribution in [3.8, 4) is 0 Å². The van der Waals surface area contributed by atoms with Gasteiger partial charge in [0.25, 0.3) is 0 Å². The molecule has 0 fully saturated rings. The molecule has 9 heteroatoms. The number of amides is 2. The van der Waals surface area contributed by atoms with E-state index in [0.717, 1.165) is 0 Å². The zero-order chi connectivity index (χ0) is 22.0. The number of nitrogens with zero attached hydrogens (tertiary/aromatic N) is 1. The van der Waals surface area contributed by atoms with Crippen LogP contribution < -0.4 is 16.4 Å². The number of esters is 1. The highest BCUT2D eigenvalue weighted by Gasteiger charge is 2.26. The van der Waals surface area contributed by atoms with Crippen molar-refractivity contribution in [2.75, 3.05) is 33.2 Å². The minimum Gasteiger partial charge on any atom is -0.460 e. The molecular weight excluding hydrogens is 364 g/mol. The molecule has 28 heavy (non-hydrogen) atoms. The molecule has 0 bridgehead atoms. The largest absolute Gasteiger partial charge is 0.460 e. The molecule has 0 aliphatic heterocycles. The summed E-state index contributed by atoms with van der Waals surface area (Å²) in [5.41, 5.74) is 4.19. The highest BCUT2D eigenvalue weighted by atomic mass is 16.6. The molecule has 0 heterocycles. The van der Waals surface area contributed by atoms with Crippen LogP contribution in [0.3, 0.4) is 0 Å². The molecule has 4 N–H and O–H groups in total. The van der Waals surface area contributed by atoms with Gasteiger partial charge in [-0.15, -0.1) is 0 Å². The number of nitrogens with two attached hydrogens (primary N) is 1. The van der Waals surface area contributed by atoms with Crippen LogP contribution in [-0.4, -0.2) is 73.3 Å². The normalized spacial score (nSPS) is 13.0. The van der Waals surface area contributed by atoms with Crippen molar-refractivity contribution < 1.29 is 23.9 Å². The first-order valence-electron chi connectivity index (χ1n) is 9.61. The highest BCUT2D eigenvalue weighted by molar-refractivity contribution is 5.86. The van der Waals surface area contributed by atoms with Crippen LogP contribution in [0, 0.1) is 0 Å². The summed E-state index contributed by atoms with van der Waals surface area (Å²) in [6.07, 6.45) is -0.603. The Morgan fingerprint density at radius 3 is 2.07 bits per heavy atom. The second kappa shape index (κ2) is 11.9. The van der Waals surface area contributed by atoms with Crippen molar-refractivity contribution in [2.24, 2.45) is 5.73 Å². The SMILES string of the molecule is CN(CCN)CCNC(=O)[C@H](CCC(=O)OC(C)(C)C)NC(=O)OC(C)(C)C. The third-order valence-corrected chi connectivity index (χ3v) is 3.37. The monoisotopic (exact) mass is 402 g/mol. The number of carbonyl (C=O) groups is 3. The van der Waals surface area contributed by atoms with Crippen LogP contribution in [0.4, 0.5) is 4.79 Å². The van der Waals surface area contributed by atoms with E-state index in [4.69, 9.17) is 15.2 Å². The molecule has 0 aromatic rings. The number of alkyl carbamates (subject to hydrolysis) is 1. The standard InChI is InChI=1S/C19H38N4O5/c1-18(2,3)27-15(24)9-8-14(22-17(26)28-19(4,5)6)16(25)21-11-13-23(7)12-10-20/h14H,8-13,20H2,1-7H3,(H,21,25)(H,22,26)/t14-/m0/s1. The average Bonchev–Trinajstić information content (AvgIpc) is 2.47. The maximum Gasteiger partial charge on any atom is 0.408 e. The lowest BCUT2D eigenvalue weighted by atomic mass is 10.1. The lowest BCUT2D eigenvalue weighted by Gasteiger charge is -2.24. The highest BCUT2D eigenvalue weighted by Crippen LogP contribution is 2.11. The van der Waals surface area contributed by atoms with Crippen LogP contribution in [0.25, 0.3) is 0 Å². The van der Waals surface area contributed by atoms with Crippen molar-refractivity contribution in [1.82, 2.24) is 15.5 Å². The van der Waals surface area contributed by atoms with Gasteiger partial charge in [0, 0.05) is 32.6 Å². The summed E-state index contributed by atoms with van der Waals surface area (Å²) in [6, 6.07) is -0.901. The molecule has 0 rings (SSSR count). The fraction of sp³-hybridized carbons (Fsp3) is 0.842. The van der Waals surface area contributed by atoms with Gasteiger partial charge in [0.05, 0.1) is 0 Å². The van der Waals surface area contributed by atoms with E-state index in [1.54, 1.807) is 41.5 Å². The van der Waals surface area contributed by atoms with Gasteiger partial charge in [0.1, 0.15) is 17.2 Å². The van der Waals surface area contributed by atoms with Crippen LogP contribution in [0.15, 0.2) is 0 Å². The number of likely N-dealkylation sites (N-methyl/N-ethyl adjacent to an activating group) is 1. The Morgan fingerprint density at radius 1 is 1.00 bits per heavy atom. The molecule has 2 amide bonds. The first-order valence-corrected chi connectivity index (χ1v) is 9.61. The Bertz CT molecular complexity index is 511. The lowest BCUT2D eigenvalue weighted by molar-refractivity contribution is -0.155. The lowest BCUT2D eigenvalue weighted by Crippen LogP contribution is -2.49. The quantitative estimate of drug-likeness (QED) is 0.466. The molecule has 0 saturated carbocycles. The van der Waals surface area contributed by atoms with Gasteiger partial charge in [-0.05, 0) is 55.0 Å². The Morgan fingerprint density at radius 2 is 1.57 bits per heavy atom. The number of hydrogen-bond acceptors (Lipinski definition) is 7. The third-order valence-electron chi connectivity index (χ3n) is 3.37. The van der Waals surface area contributed by atoms with Crippen molar-refractivity contribution in [3.05, 3.63) is 0 Å². The Kier molecular flexibility index (Phi) is 11.1. The van der Waals surface area contributed by atoms with Crippen molar-refractivity contribution >= 4 is 18.0 Å².